The van der Waals surface area contributed by atoms with Crippen molar-refractivity contribution in [2.75, 3.05) is 0 Å². The molecule has 0 saturated carbocycles. The summed E-state index contributed by atoms with van der Waals surface area (Å²) in [6.45, 7) is 0. The smallest absolute Gasteiger partial charge is 0.309 e. The van der Waals surface area contributed by atoms with Crippen LogP contribution in [0.1, 0.15) is 5.69 Å². The minimum atomic E-state index is -1.02. The molecule has 0 aliphatic heterocycles. The Kier molecular flexibility index (Phi) is 3.43. The third kappa shape index (κ3) is 2.86. The molecule has 0 fully saturated rings. The van der Waals surface area contributed by atoms with Gasteiger partial charge in [0.1, 0.15) is 5.02 Å². The normalized spacial score (nSPS) is 10.4. The third-order valence-corrected chi connectivity index (χ3v) is 2.57. The van der Waals surface area contributed by atoms with E-state index in [9.17, 15) is 14.9 Å². The van der Waals surface area contributed by atoms with Gasteiger partial charge in [0.15, 0.2) is 0 Å². The topological polar surface area (TPSA) is 111 Å². The monoisotopic (exact) mass is 282 g/mol. The SMILES string of the molecule is O=C(O)Cc1cn(-c2ccc([N+](=O)[O-])c(Cl)c2)nn1. The number of benzene rings is 1. The van der Waals surface area contributed by atoms with Gasteiger partial charge in [-0.2, -0.15) is 0 Å². The number of nitro benzene ring substituents is 1. The molecule has 8 nitrogen and oxygen atoms in total. The molecule has 98 valence electrons. The quantitative estimate of drug-likeness (QED) is 0.671. The maximum absolute atomic E-state index is 10.6. The van der Waals surface area contributed by atoms with Crippen LogP contribution in [0.2, 0.25) is 5.02 Å². The molecular weight excluding hydrogens is 276 g/mol. The summed E-state index contributed by atoms with van der Waals surface area (Å²) >= 11 is 5.77. The lowest BCUT2D eigenvalue weighted by molar-refractivity contribution is -0.384. The molecule has 0 aliphatic rings. The van der Waals surface area contributed by atoms with Gasteiger partial charge in [0.05, 0.1) is 28.9 Å². The molecule has 1 N–H and O–H groups in total. The summed E-state index contributed by atoms with van der Waals surface area (Å²) in [5.41, 5.74) is 0.526. The number of hydrogen-bond donors (Lipinski definition) is 1. The number of carboxylic acid groups (broad SMARTS) is 1. The van der Waals surface area contributed by atoms with Crippen LogP contribution >= 0.6 is 11.6 Å². The maximum Gasteiger partial charge on any atom is 0.309 e. The Morgan fingerprint density at radius 2 is 2.26 bits per heavy atom. The van der Waals surface area contributed by atoms with Crippen LogP contribution in [0, 0.1) is 10.1 Å². The van der Waals surface area contributed by atoms with Gasteiger partial charge in [-0.25, -0.2) is 4.68 Å². The number of aromatic nitrogens is 3. The van der Waals surface area contributed by atoms with Crippen molar-refractivity contribution in [3.05, 3.63) is 45.2 Å². The summed E-state index contributed by atoms with van der Waals surface area (Å²) in [7, 11) is 0. The van der Waals surface area contributed by atoms with Crippen LogP contribution in [0.5, 0.6) is 0 Å². The van der Waals surface area contributed by atoms with Crippen LogP contribution in [-0.2, 0) is 11.2 Å². The number of aliphatic carboxylic acids is 1. The highest BCUT2D eigenvalue weighted by Gasteiger charge is 2.14. The van der Waals surface area contributed by atoms with Crippen molar-refractivity contribution in [3.63, 3.8) is 0 Å². The highest BCUT2D eigenvalue weighted by Crippen LogP contribution is 2.26. The highest BCUT2D eigenvalue weighted by atomic mass is 35.5. The van der Waals surface area contributed by atoms with E-state index in [4.69, 9.17) is 16.7 Å². The van der Waals surface area contributed by atoms with E-state index in [1.165, 1.54) is 29.1 Å². The Labute approximate surface area is 111 Å². The zero-order valence-electron chi connectivity index (χ0n) is 9.36. The third-order valence-electron chi connectivity index (χ3n) is 2.27. The predicted molar refractivity (Wildman–Crippen MR) is 64.4 cm³/mol. The Morgan fingerprint density at radius 3 is 2.84 bits per heavy atom. The van der Waals surface area contributed by atoms with Crippen LogP contribution in [-0.4, -0.2) is 31.0 Å². The lowest BCUT2D eigenvalue weighted by Crippen LogP contribution is -2.00. The lowest BCUT2D eigenvalue weighted by atomic mass is 10.3. The number of hydrogen-bond acceptors (Lipinski definition) is 5. The molecule has 2 rings (SSSR count). The number of carboxylic acids is 1. The van der Waals surface area contributed by atoms with Gasteiger partial charge < -0.3 is 5.11 Å². The summed E-state index contributed by atoms with van der Waals surface area (Å²) in [6.07, 6.45) is 1.17. The molecule has 0 atom stereocenters. The molecule has 0 bridgehead atoms. The minimum Gasteiger partial charge on any atom is -0.481 e. The van der Waals surface area contributed by atoms with E-state index in [0.29, 0.717) is 5.69 Å². The fourth-order valence-corrected chi connectivity index (χ4v) is 1.69. The summed E-state index contributed by atoms with van der Waals surface area (Å²) in [4.78, 5) is 20.5. The minimum absolute atomic E-state index is 0.0298. The number of nitrogens with zero attached hydrogens (tertiary/aromatic N) is 4. The van der Waals surface area contributed by atoms with Gasteiger partial charge in [-0.05, 0) is 12.1 Å². The maximum atomic E-state index is 10.6. The molecule has 0 saturated heterocycles. The number of nitro groups is 1. The van der Waals surface area contributed by atoms with Crippen LogP contribution in [0.25, 0.3) is 5.69 Å². The molecule has 1 heterocycles. The van der Waals surface area contributed by atoms with Crippen LogP contribution < -0.4 is 0 Å². The second kappa shape index (κ2) is 5.02. The van der Waals surface area contributed by atoms with Gasteiger partial charge in [0.2, 0.25) is 0 Å². The van der Waals surface area contributed by atoms with Crippen LogP contribution in [0.3, 0.4) is 0 Å². The standard InChI is InChI=1S/C10H7ClN4O4/c11-8-4-7(1-2-9(8)15(18)19)14-5-6(12-13-14)3-10(16)17/h1-2,4-5H,3H2,(H,16,17). The lowest BCUT2D eigenvalue weighted by Gasteiger charge is -2.00. The van der Waals surface area contributed by atoms with Crippen molar-refractivity contribution >= 4 is 23.3 Å². The molecule has 0 amide bonds. The molecule has 0 unspecified atom stereocenters. The number of rotatable bonds is 4. The average Bonchev–Trinajstić information content (AvgIpc) is 2.75. The van der Waals surface area contributed by atoms with E-state index in [0.717, 1.165) is 0 Å². The first-order chi connectivity index (χ1) is 8.97. The molecular formula is C10H7ClN4O4. The molecule has 0 radical (unpaired) electrons. The molecule has 1 aromatic heterocycles. The van der Waals surface area contributed by atoms with Crippen molar-refractivity contribution in [3.8, 4) is 5.69 Å². The zero-order valence-corrected chi connectivity index (χ0v) is 10.1. The highest BCUT2D eigenvalue weighted by molar-refractivity contribution is 6.32. The molecule has 9 heteroatoms. The predicted octanol–water partition coefficient (Wildman–Crippen LogP) is 1.46. The average molecular weight is 283 g/mol. The first-order valence-electron chi connectivity index (χ1n) is 5.04. The van der Waals surface area contributed by atoms with E-state index >= 15 is 0 Å². The van der Waals surface area contributed by atoms with E-state index in [1.54, 1.807) is 0 Å². The van der Waals surface area contributed by atoms with E-state index in [-0.39, 0.29) is 22.8 Å². The Morgan fingerprint density at radius 1 is 1.53 bits per heavy atom. The first kappa shape index (κ1) is 13.0. The van der Waals surface area contributed by atoms with Gasteiger partial charge in [-0.1, -0.05) is 16.8 Å². The summed E-state index contributed by atoms with van der Waals surface area (Å²) in [5.74, 6) is -1.02. The van der Waals surface area contributed by atoms with Crippen molar-refractivity contribution < 1.29 is 14.8 Å². The second-order valence-electron chi connectivity index (χ2n) is 3.62. The summed E-state index contributed by atoms with van der Waals surface area (Å²) in [6, 6.07) is 4.05. The number of carbonyl (C=O) groups is 1. The van der Waals surface area contributed by atoms with Crippen LogP contribution in [0.15, 0.2) is 24.4 Å². The Bertz CT molecular complexity index is 655. The molecule has 0 spiro atoms. The van der Waals surface area contributed by atoms with Crippen molar-refractivity contribution in [2.24, 2.45) is 0 Å². The van der Waals surface area contributed by atoms with E-state index < -0.39 is 10.9 Å². The van der Waals surface area contributed by atoms with E-state index in [2.05, 4.69) is 10.3 Å². The summed E-state index contributed by atoms with van der Waals surface area (Å²) < 4.78 is 1.30. The number of halogens is 1. The zero-order chi connectivity index (χ0) is 14.0. The fourth-order valence-electron chi connectivity index (χ4n) is 1.45. The molecule has 1 aromatic carbocycles. The van der Waals surface area contributed by atoms with Gasteiger partial charge in [-0.15, -0.1) is 5.10 Å². The summed E-state index contributed by atoms with van der Waals surface area (Å²) in [5, 5.41) is 26.6. The second-order valence-corrected chi connectivity index (χ2v) is 4.02. The molecule has 19 heavy (non-hydrogen) atoms. The van der Waals surface area contributed by atoms with Crippen molar-refractivity contribution in [1.82, 2.24) is 15.0 Å². The largest absolute Gasteiger partial charge is 0.481 e. The molecule has 0 aliphatic carbocycles. The Hall–Kier alpha value is -2.48. The van der Waals surface area contributed by atoms with E-state index in [1.807, 2.05) is 0 Å². The van der Waals surface area contributed by atoms with Gasteiger partial charge in [0.25, 0.3) is 5.69 Å². The van der Waals surface area contributed by atoms with Gasteiger partial charge in [0, 0.05) is 6.07 Å². The fraction of sp³-hybridized carbons (Fsp3) is 0.100. The molecule has 2 aromatic rings. The first-order valence-corrected chi connectivity index (χ1v) is 5.42. The van der Waals surface area contributed by atoms with Crippen LogP contribution in [0.4, 0.5) is 5.69 Å². The van der Waals surface area contributed by atoms with Crippen molar-refractivity contribution in [1.29, 1.82) is 0 Å². The van der Waals surface area contributed by atoms with Gasteiger partial charge >= 0.3 is 5.97 Å². The van der Waals surface area contributed by atoms with Crippen molar-refractivity contribution in [2.45, 2.75) is 6.42 Å². The van der Waals surface area contributed by atoms with Gasteiger partial charge in [-0.3, -0.25) is 14.9 Å². The Balaban J connectivity index is 2.32.